The molecule has 1 heterocycles. The lowest BCUT2D eigenvalue weighted by Gasteiger charge is -2.21. The Kier molecular flexibility index (Phi) is 4.04. The monoisotopic (exact) mass is 174 g/mol. The third-order valence-corrected chi connectivity index (χ3v) is 1.83. The van der Waals surface area contributed by atoms with E-state index in [1.807, 2.05) is 0 Å². The average molecular weight is 174 g/mol. The Balaban J connectivity index is 2.01. The molecule has 1 N–H and O–H groups in total. The number of aliphatic carboxylic acids is 1. The summed E-state index contributed by atoms with van der Waals surface area (Å²) in [6.07, 6.45) is 2.14. The summed E-state index contributed by atoms with van der Waals surface area (Å²) in [4.78, 5) is 10.1. The van der Waals surface area contributed by atoms with Crippen LogP contribution in [0.25, 0.3) is 0 Å². The Morgan fingerprint density at radius 2 is 2.50 bits per heavy atom. The third-order valence-electron chi connectivity index (χ3n) is 1.83. The molecular formula is C8H14O4. The van der Waals surface area contributed by atoms with Gasteiger partial charge < -0.3 is 14.6 Å². The highest BCUT2D eigenvalue weighted by molar-refractivity contribution is 5.67. The molecule has 12 heavy (non-hydrogen) atoms. The molecule has 70 valence electrons. The van der Waals surface area contributed by atoms with Crippen molar-refractivity contribution in [1.29, 1.82) is 0 Å². The predicted molar refractivity (Wildman–Crippen MR) is 42.0 cm³/mol. The van der Waals surface area contributed by atoms with E-state index in [0.29, 0.717) is 19.1 Å². The van der Waals surface area contributed by atoms with Gasteiger partial charge in [0, 0.05) is 12.5 Å². The summed E-state index contributed by atoms with van der Waals surface area (Å²) in [5.74, 6) is -0.523. The van der Waals surface area contributed by atoms with Crippen LogP contribution in [0.3, 0.4) is 0 Å². The van der Waals surface area contributed by atoms with Crippen molar-refractivity contribution in [3.63, 3.8) is 0 Å². The Hall–Kier alpha value is -0.610. The van der Waals surface area contributed by atoms with E-state index in [1.54, 1.807) is 0 Å². The standard InChI is InChI=1S/C8H14O4/c9-8(10)6-12-5-7-2-1-3-11-4-7/h7H,1-6H2,(H,9,10). The van der Waals surface area contributed by atoms with Gasteiger partial charge in [-0.3, -0.25) is 0 Å². The van der Waals surface area contributed by atoms with Crippen molar-refractivity contribution in [2.24, 2.45) is 5.92 Å². The van der Waals surface area contributed by atoms with E-state index < -0.39 is 5.97 Å². The first-order valence-corrected chi connectivity index (χ1v) is 4.16. The van der Waals surface area contributed by atoms with Crippen LogP contribution in [0.1, 0.15) is 12.8 Å². The molecule has 1 aliphatic heterocycles. The zero-order chi connectivity index (χ0) is 8.81. The van der Waals surface area contributed by atoms with E-state index in [0.717, 1.165) is 19.4 Å². The van der Waals surface area contributed by atoms with Crippen LogP contribution in [-0.4, -0.2) is 37.5 Å². The highest BCUT2D eigenvalue weighted by Gasteiger charge is 2.14. The lowest BCUT2D eigenvalue weighted by atomic mass is 10.0. The molecule has 1 saturated heterocycles. The Morgan fingerprint density at radius 3 is 3.08 bits per heavy atom. The minimum absolute atomic E-state index is 0.198. The van der Waals surface area contributed by atoms with Crippen LogP contribution >= 0.6 is 0 Å². The summed E-state index contributed by atoms with van der Waals surface area (Å²) in [6.45, 7) is 1.85. The van der Waals surface area contributed by atoms with Crippen molar-refractivity contribution in [2.75, 3.05) is 26.4 Å². The molecule has 0 aromatic heterocycles. The minimum atomic E-state index is -0.910. The lowest BCUT2D eigenvalue weighted by Crippen LogP contribution is -2.23. The lowest BCUT2D eigenvalue weighted by molar-refractivity contribution is -0.143. The summed E-state index contributed by atoms with van der Waals surface area (Å²) in [5, 5.41) is 8.29. The van der Waals surface area contributed by atoms with Crippen LogP contribution < -0.4 is 0 Å². The van der Waals surface area contributed by atoms with E-state index in [9.17, 15) is 4.79 Å². The number of carboxylic acids is 1. The van der Waals surface area contributed by atoms with Crippen LogP contribution in [0, 0.1) is 5.92 Å². The van der Waals surface area contributed by atoms with Gasteiger partial charge in [-0.25, -0.2) is 4.79 Å². The first-order valence-electron chi connectivity index (χ1n) is 4.16. The van der Waals surface area contributed by atoms with Crippen LogP contribution in [0.15, 0.2) is 0 Å². The maximum atomic E-state index is 10.1. The number of hydrogen-bond donors (Lipinski definition) is 1. The van der Waals surface area contributed by atoms with Gasteiger partial charge in [0.2, 0.25) is 0 Å². The van der Waals surface area contributed by atoms with Crippen molar-refractivity contribution in [3.05, 3.63) is 0 Å². The molecule has 0 aromatic carbocycles. The average Bonchev–Trinajstić information content (AvgIpc) is 2.05. The second kappa shape index (κ2) is 5.11. The summed E-state index contributed by atoms with van der Waals surface area (Å²) in [6, 6.07) is 0. The second-order valence-corrected chi connectivity index (χ2v) is 2.99. The molecule has 4 nitrogen and oxygen atoms in total. The van der Waals surface area contributed by atoms with Gasteiger partial charge in [-0.05, 0) is 12.8 Å². The van der Waals surface area contributed by atoms with Crippen molar-refractivity contribution in [2.45, 2.75) is 12.8 Å². The molecule has 4 heteroatoms. The normalized spacial score (nSPS) is 23.8. The first-order chi connectivity index (χ1) is 5.79. The molecule has 1 atom stereocenters. The molecule has 1 unspecified atom stereocenters. The number of hydrogen-bond acceptors (Lipinski definition) is 3. The van der Waals surface area contributed by atoms with Gasteiger partial charge in [-0.2, -0.15) is 0 Å². The van der Waals surface area contributed by atoms with Crippen molar-refractivity contribution >= 4 is 5.97 Å². The zero-order valence-electron chi connectivity index (χ0n) is 6.99. The van der Waals surface area contributed by atoms with E-state index in [4.69, 9.17) is 14.6 Å². The van der Waals surface area contributed by atoms with Gasteiger partial charge in [0.15, 0.2) is 0 Å². The summed E-state index contributed by atoms with van der Waals surface area (Å²) in [5.41, 5.74) is 0. The van der Waals surface area contributed by atoms with Crippen LogP contribution in [0.4, 0.5) is 0 Å². The smallest absolute Gasteiger partial charge is 0.329 e. The van der Waals surface area contributed by atoms with Crippen LogP contribution in [-0.2, 0) is 14.3 Å². The van der Waals surface area contributed by atoms with Gasteiger partial charge in [0.1, 0.15) is 6.61 Å². The molecule has 0 spiro atoms. The van der Waals surface area contributed by atoms with Gasteiger partial charge in [-0.15, -0.1) is 0 Å². The van der Waals surface area contributed by atoms with Gasteiger partial charge in [0.25, 0.3) is 0 Å². The summed E-state index contributed by atoms with van der Waals surface area (Å²) >= 11 is 0. The molecule has 0 bridgehead atoms. The molecular weight excluding hydrogens is 160 g/mol. The topological polar surface area (TPSA) is 55.8 Å². The minimum Gasteiger partial charge on any atom is -0.480 e. The predicted octanol–water partition coefficient (Wildman–Crippen LogP) is 0.514. The quantitative estimate of drug-likeness (QED) is 0.674. The SMILES string of the molecule is O=C(O)COCC1CCCOC1. The zero-order valence-corrected chi connectivity index (χ0v) is 6.99. The number of carboxylic acid groups (broad SMARTS) is 1. The van der Waals surface area contributed by atoms with Gasteiger partial charge >= 0.3 is 5.97 Å². The second-order valence-electron chi connectivity index (χ2n) is 2.99. The molecule has 0 saturated carbocycles. The van der Waals surface area contributed by atoms with E-state index in [1.165, 1.54) is 0 Å². The fraction of sp³-hybridized carbons (Fsp3) is 0.875. The summed E-state index contributed by atoms with van der Waals surface area (Å²) < 4.78 is 10.2. The fourth-order valence-corrected chi connectivity index (χ4v) is 1.25. The maximum Gasteiger partial charge on any atom is 0.329 e. The van der Waals surface area contributed by atoms with Crippen molar-refractivity contribution in [1.82, 2.24) is 0 Å². The fourth-order valence-electron chi connectivity index (χ4n) is 1.25. The highest BCUT2D eigenvalue weighted by atomic mass is 16.5. The van der Waals surface area contributed by atoms with Crippen LogP contribution in [0.2, 0.25) is 0 Å². The molecule has 1 aliphatic rings. The van der Waals surface area contributed by atoms with Crippen LogP contribution in [0.5, 0.6) is 0 Å². The van der Waals surface area contributed by atoms with E-state index in [2.05, 4.69) is 0 Å². The van der Waals surface area contributed by atoms with Gasteiger partial charge in [0.05, 0.1) is 13.2 Å². The third kappa shape index (κ3) is 3.69. The number of ether oxygens (including phenoxy) is 2. The molecule has 0 radical (unpaired) electrons. The van der Waals surface area contributed by atoms with Crippen molar-refractivity contribution < 1.29 is 19.4 Å². The first kappa shape index (κ1) is 9.48. The number of carbonyl (C=O) groups is 1. The molecule has 0 aromatic rings. The molecule has 1 fully saturated rings. The Labute approximate surface area is 71.5 Å². The Morgan fingerprint density at radius 1 is 1.67 bits per heavy atom. The van der Waals surface area contributed by atoms with Crippen molar-refractivity contribution in [3.8, 4) is 0 Å². The number of rotatable bonds is 4. The molecule has 0 amide bonds. The molecule has 1 rings (SSSR count). The van der Waals surface area contributed by atoms with E-state index >= 15 is 0 Å². The Bertz CT molecular complexity index is 140. The highest BCUT2D eigenvalue weighted by Crippen LogP contribution is 2.13. The summed E-state index contributed by atoms with van der Waals surface area (Å²) in [7, 11) is 0. The largest absolute Gasteiger partial charge is 0.480 e. The maximum absolute atomic E-state index is 10.1. The van der Waals surface area contributed by atoms with Gasteiger partial charge in [-0.1, -0.05) is 0 Å². The van der Waals surface area contributed by atoms with E-state index in [-0.39, 0.29) is 6.61 Å². The molecule has 0 aliphatic carbocycles.